The number of rotatable bonds is 5. The minimum atomic E-state index is -1.01. The number of pyridine rings is 2. The third kappa shape index (κ3) is 4.50. The Hall–Kier alpha value is -2.67. The van der Waals surface area contributed by atoms with Crippen molar-refractivity contribution in [2.75, 3.05) is 24.5 Å². The van der Waals surface area contributed by atoms with E-state index in [2.05, 4.69) is 34.7 Å². The minimum absolute atomic E-state index is 0.0637. The van der Waals surface area contributed by atoms with Gasteiger partial charge in [-0.1, -0.05) is 6.07 Å². The first-order valence-electron chi connectivity index (χ1n) is 10.3. The van der Waals surface area contributed by atoms with Crippen molar-refractivity contribution in [3.05, 3.63) is 47.4 Å². The molecule has 0 unspecified atom stereocenters. The van der Waals surface area contributed by atoms with E-state index in [1.54, 1.807) is 12.3 Å². The lowest BCUT2D eigenvalue weighted by Crippen LogP contribution is -2.41. The molecule has 0 saturated carbocycles. The molecule has 4 heterocycles. The van der Waals surface area contributed by atoms with Gasteiger partial charge < -0.3 is 19.6 Å². The average molecular weight is 396 g/mol. The number of aromatic carboxylic acids is 1. The third-order valence-corrected chi connectivity index (χ3v) is 5.85. The van der Waals surface area contributed by atoms with Gasteiger partial charge in [-0.05, 0) is 44.4 Å². The van der Waals surface area contributed by atoms with Crippen LogP contribution in [0.1, 0.15) is 48.4 Å². The van der Waals surface area contributed by atoms with E-state index in [1.165, 1.54) is 5.56 Å². The maximum absolute atomic E-state index is 11.0. The van der Waals surface area contributed by atoms with Crippen LogP contribution in [0.15, 0.2) is 30.5 Å². The Morgan fingerprint density at radius 3 is 2.62 bits per heavy atom. The Bertz CT molecular complexity index is 861. The molecule has 0 spiro atoms. The van der Waals surface area contributed by atoms with E-state index in [1.807, 2.05) is 12.1 Å². The van der Waals surface area contributed by atoms with Gasteiger partial charge in [-0.15, -0.1) is 0 Å². The predicted molar refractivity (Wildman–Crippen MR) is 111 cm³/mol. The fraction of sp³-hybridized carbons (Fsp3) is 0.500. The van der Waals surface area contributed by atoms with Crippen molar-refractivity contribution < 1.29 is 14.6 Å². The van der Waals surface area contributed by atoms with Gasteiger partial charge in [0.2, 0.25) is 5.88 Å². The Morgan fingerprint density at radius 2 is 1.97 bits per heavy atom. The molecule has 7 nitrogen and oxygen atoms in total. The smallest absolute Gasteiger partial charge is 0.354 e. The Balaban J connectivity index is 1.38. The third-order valence-electron chi connectivity index (χ3n) is 5.85. The van der Waals surface area contributed by atoms with E-state index in [4.69, 9.17) is 14.8 Å². The van der Waals surface area contributed by atoms with E-state index in [0.717, 1.165) is 62.7 Å². The molecule has 0 aromatic carbocycles. The van der Waals surface area contributed by atoms with Crippen molar-refractivity contribution in [2.24, 2.45) is 0 Å². The first-order chi connectivity index (χ1) is 14.0. The highest BCUT2D eigenvalue weighted by Gasteiger charge is 2.24. The second-order valence-corrected chi connectivity index (χ2v) is 8.08. The fourth-order valence-corrected chi connectivity index (χ4v) is 4.06. The van der Waals surface area contributed by atoms with Gasteiger partial charge in [0.1, 0.15) is 11.8 Å². The van der Waals surface area contributed by atoms with Gasteiger partial charge in [0.25, 0.3) is 0 Å². The second kappa shape index (κ2) is 8.37. The van der Waals surface area contributed by atoms with Crippen molar-refractivity contribution in [1.29, 1.82) is 0 Å². The summed E-state index contributed by atoms with van der Waals surface area (Å²) >= 11 is 0. The van der Waals surface area contributed by atoms with E-state index >= 15 is 0 Å². The molecule has 1 saturated heterocycles. The molecule has 7 heteroatoms. The number of carboxylic acids is 1. The van der Waals surface area contributed by atoms with Crippen molar-refractivity contribution in [2.45, 2.75) is 51.8 Å². The number of nitrogens with zero attached hydrogens (tertiary/aromatic N) is 4. The average Bonchev–Trinajstić information content (AvgIpc) is 2.74. The molecule has 1 fully saturated rings. The molecule has 2 aromatic rings. The van der Waals surface area contributed by atoms with E-state index in [-0.39, 0.29) is 11.8 Å². The van der Waals surface area contributed by atoms with Crippen LogP contribution in [0.3, 0.4) is 0 Å². The van der Waals surface area contributed by atoms with Crippen molar-refractivity contribution in [3.63, 3.8) is 0 Å². The Morgan fingerprint density at radius 1 is 1.17 bits per heavy atom. The molecule has 1 N–H and O–H groups in total. The summed E-state index contributed by atoms with van der Waals surface area (Å²) < 4.78 is 6.18. The van der Waals surface area contributed by atoms with Crippen molar-refractivity contribution >= 4 is 11.7 Å². The summed E-state index contributed by atoms with van der Waals surface area (Å²) in [6.45, 7) is 8.21. The molecular formula is C22H28N4O3. The van der Waals surface area contributed by atoms with Crippen LogP contribution in [0.4, 0.5) is 5.69 Å². The summed E-state index contributed by atoms with van der Waals surface area (Å²) in [5.41, 5.74) is 3.26. The molecule has 0 radical (unpaired) electrons. The van der Waals surface area contributed by atoms with Crippen LogP contribution < -0.4 is 9.64 Å². The lowest BCUT2D eigenvalue weighted by Gasteiger charge is -2.34. The van der Waals surface area contributed by atoms with E-state index in [0.29, 0.717) is 6.04 Å². The monoisotopic (exact) mass is 396 g/mol. The fourth-order valence-electron chi connectivity index (χ4n) is 4.06. The quantitative estimate of drug-likeness (QED) is 0.832. The molecule has 0 atom stereocenters. The Kier molecular flexibility index (Phi) is 5.67. The van der Waals surface area contributed by atoms with Crippen LogP contribution in [0.5, 0.6) is 5.88 Å². The number of ether oxygens (including phenoxy) is 1. The summed E-state index contributed by atoms with van der Waals surface area (Å²) in [6.07, 6.45) is 4.80. The van der Waals surface area contributed by atoms with Crippen LogP contribution in [0.25, 0.3) is 0 Å². The molecule has 4 rings (SSSR count). The number of fused-ring (bicyclic) bond motifs is 1. The van der Waals surface area contributed by atoms with Gasteiger partial charge >= 0.3 is 5.97 Å². The van der Waals surface area contributed by atoms with Crippen LogP contribution in [-0.4, -0.2) is 57.7 Å². The summed E-state index contributed by atoms with van der Waals surface area (Å²) in [6, 6.07) is 8.04. The molecular weight excluding hydrogens is 368 g/mol. The van der Waals surface area contributed by atoms with Gasteiger partial charge in [0, 0.05) is 44.7 Å². The zero-order chi connectivity index (χ0) is 20.4. The van der Waals surface area contributed by atoms with Gasteiger partial charge in [-0.3, -0.25) is 0 Å². The lowest BCUT2D eigenvalue weighted by atomic mass is 10.0. The minimum Gasteiger partial charge on any atom is -0.477 e. The van der Waals surface area contributed by atoms with Gasteiger partial charge in [-0.2, -0.15) is 0 Å². The molecule has 0 aliphatic carbocycles. The maximum Gasteiger partial charge on any atom is 0.354 e. The van der Waals surface area contributed by atoms with Crippen molar-refractivity contribution in [1.82, 2.24) is 14.9 Å². The SMILES string of the molecule is CC(C)N1CCC(Oc2ccc3c(n2)CCN(c2ccc(C(=O)O)nc2)C3)CC1. The summed E-state index contributed by atoms with van der Waals surface area (Å²) in [4.78, 5) is 24.5. The number of hydrogen-bond acceptors (Lipinski definition) is 6. The normalized spacial score (nSPS) is 18.0. The summed E-state index contributed by atoms with van der Waals surface area (Å²) in [5, 5.41) is 9.00. The van der Waals surface area contributed by atoms with Gasteiger partial charge in [-0.25, -0.2) is 14.8 Å². The number of aromatic nitrogens is 2. The molecule has 29 heavy (non-hydrogen) atoms. The highest BCUT2D eigenvalue weighted by molar-refractivity contribution is 5.85. The number of hydrogen-bond donors (Lipinski definition) is 1. The van der Waals surface area contributed by atoms with Gasteiger partial charge in [0.15, 0.2) is 0 Å². The molecule has 154 valence electrons. The first-order valence-corrected chi connectivity index (χ1v) is 10.3. The molecule has 0 bridgehead atoms. The first kappa shape index (κ1) is 19.6. The molecule has 2 aliphatic heterocycles. The number of likely N-dealkylation sites (tertiary alicyclic amines) is 1. The lowest BCUT2D eigenvalue weighted by molar-refractivity contribution is 0.0690. The summed E-state index contributed by atoms with van der Waals surface area (Å²) in [7, 11) is 0. The van der Waals surface area contributed by atoms with Crippen LogP contribution in [0.2, 0.25) is 0 Å². The predicted octanol–water partition coefficient (Wildman–Crippen LogP) is 2.99. The molecule has 0 amide bonds. The summed E-state index contributed by atoms with van der Waals surface area (Å²) in [5.74, 6) is -0.278. The highest BCUT2D eigenvalue weighted by Crippen LogP contribution is 2.26. The zero-order valence-corrected chi connectivity index (χ0v) is 17.0. The van der Waals surface area contributed by atoms with Crippen LogP contribution in [0, 0.1) is 0 Å². The molecule has 2 aromatic heterocycles. The van der Waals surface area contributed by atoms with Crippen LogP contribution in [-0.2, 0) is 13.0 Å². The number of carbonyl (C=O) groups is 1. The number of anilines is 1. The van der Waals surface area contributed by atoms with Crippen LogP contribution >= 0.6 is 0 Å². The van der Waals surface area contributed by atoms with Crippen molar-refractivity contribution in [3.8, 4) is 5.88 Å². The number of carboxylic acid groups (broad SMARTS) is 1. The second-order valence-electron chi connectivity index (χ2n) is 8.08. The Labute approximate surface area is 171 Å². The standard InChI is InChI=1S/C22H28N4O3/c1-15(2)25-10-7-18(8-11-25)29-21-6-3-16-14-26(12-9-19(16)24-21)17-4-5-20(22(27)28)23-13-17/h3-6,13,15,18H,7-12,14H2,1-2H3,(H,27,28). The van der Waals surface area contributed by atoms with Gasteiger partial charge in [0.05, 0.1) is 17.6 Å². The highest BCUT2D eigenvalue weighted by atomic mass is 16.5. The topological polar surface area (TPSA) is 78.8 Å². The zero-order valence-electron chi connectivity index (χ0n) is 17.0. The number of piperidine rings is 1. The van der Waals surface area contributed by atoms with E-state index in [9.17, 15) is 4.79 Å². The molecule has 2 aliphatic rings. The largest absolute Gasteiger partial charge is 0.477 e. The maximum atomic E-state index is 11.0. The van der Waals surface area contributed by atoms with E-state index < -0.39 is 5.97 Å².